The zero-order valence-electron chi connectivity index (χ0n) is 13.1. The van der Waals surface area contributed by atoms with E-state index in [0.29, 0.717) is 0 Å². The fourth-order valence-corrected chi connectivity index (χ4v) is 3.32. The van der Waals surface area contributed by atoms with Gasteiger partial charge in [0.05, 0.1) is 11.5 Å². The first-order valence-electron chi connectivity index (χ1n) is 7.41. The van der Waals surface area contributed by atoms with Crippen molar-refractivity contribution in [1.29, 1.82) is 0 Å². The number of nitrogens with one attached hydrogen (secondary N) is 1. The first kappa shape index (κ1) is 18.1. The molecule has 24 heavy (non-hydrogen) atoms. The van der Waals surface area contributed by atoms with Gasteiger partial charge in [0.15, 0.2) is 0 Å². The van der Waals surface area contributed by atoms with E-state index in [0.717, 1.165) is 29.8 Å². The van der Waals surface area contributed by atoms with Gasteiger partial charge in [-0.05, 0) is 43.2 Å². The number of hydrogen-bond donors (Lipinski definition) is 1. The Kier molecular flexibility index (Phi) is 6.05. The second kappa shape index (κ2) is 8.03. The fourth-order valence-electron chi connectivity index (χ4n) is 2.13. The van der Waals surface area contributed by atoms with Crippen molar-refractivity contribution in [3.63, 3.8) is 0 Å². The lowest BCUT2D eigenvalue weighted by Crippen LogP contribution is -2.43. The van der Waals surface area contributed by atoms with Gasteiger partial charge in [-0.2, -0.15) is 4.72 Å². The Morgan fingerprint density at radius 1 is 1.12 bits per heavy atom. The lowest BCUT2D eigenvalue weighted by Gasteiger charge is -2.17. The maximum Gasteiger partial charge on any atom is 0.324 e. The summed E-state index contributed by atoms with van der Waals surface area (Å²) in [5, 5.41) is 0. The van der Waals surface area contributed by atoms with Crippen molar-refractivity contribution >= 4 is 16.0 Å². The molecule has 7 heteroatoms. The molecule has 2 aromatic rings. The van der Waals surface area contributed by atoms with Crippen LogP contribution in [0.3, 0.4) is 0 Å². The Morgan fingerprint density at radius 2 is 1.75 bits per heavy atom. The van der Waals surface area contributed by atoms with E-state index in [1.165, 1.54) is 0 Å². The minimum Gasteiger partial charge on any atom is -0.465 e. The number of carbonyl (C=O) groups is 1. The third-order valence-corrected chi connectivity index (χ3v) is 4.76. The molecule has 0 aliphatic rings. The van der Waals surface area contributed by atoms with Crippen LogP contribution >= 0.6 is 0 Å². The van der Waals surface area contributed by atoms with E-state index in [4.69, 9.17) is 4.74 Å². The molecule has 5 nitrogen and oxygen atoms in total. The minimum atomic E-state index is -3.98. The fraction of sp³-hybridized carbons (Fsp3) is 0.235. The number of ether oxygens (including phenoxy) is 1. The summed E-state index contributed by atoms with van der Waals surface area (Å²) in [7, 11) is -3.98. The summed E-state index contributed by atoms with van der Waals surface area (Å²) < 4.78 is 45.1. The molecule has 0 bridgehead atoms. The predicted octanol–water partition coefficient (Wildman–Crippen LogP) is 2.28. The highest BCUT2D eigenvalue weighted by Gasteiger charge is 2.27. The molecule has 0 saturated heterocycles. The maximum atomic E-state index is 13.0. The highest BCUT2D eigenvalue weighted by Crippen LogP contribution is 2.13. The van der Waals surface area contributed by atoms with Gasteiger partial charge in [0, 0.05) is 0 Å². The van der Waals surface area contributed by atoms with Crippen LogP contribution in [0.25, 0.3) is 0 Å². The molecule has 1 N–H and O–H groups in total. The van der Waals surface area contributed by atoms with E-state index in [-0.39, 0.29) is 17.9 Å². The molecule has 0 aromatic heterocycles. The van der Waals surface area contributed by atoms with Crippen LogP contribution in [0.4, 0.5) is 4.39 Å². The Morgan fingerprint density at radius 3 is 2.33 bits per heavy atom. The summed E-state index contributed by atoms with van der Waals surface area (Å²) in [6.07, 6.45) is 0.153. The van der Waals surface area contributed by atoms with Gasteiger partial charge in [-0.15, -0.1) is 0 Å². The third kappa shape index (κ3) is 4.87. The molecule has 2 rings (SSSR count). The zero-order chi connectivity index (χ0) is 17.6. The lowest BCUT2D eigenvalue weighted by atomic mass is 10.1. The normalized spacial score (nSPS) is 12.6. The molecule has 0 amide bonds. The van der Waals surface area contributed by atoms with E-state index in [1.54, 1.807) is 31.2 Å². The lowest BCUT2D eigenvalue weighted by molar-refractivity contribution is -0.145. The van der Waals surface area contributed by atoms with Crippen molar-refractivity contribution in [3.8, 4) is 0 Å². The second-order valence-corrected chi connectivity index (χ2v) is 6.78. The molecule has 0 aliphatic heterocycles. The Balaban J connectivity index is 2.23. The van der Waals surface area contributed by atoms with Crippen molar-refractivity contribution in [2.24, 2.45) is 0 Å². The first-order valence-corrected chi connectivity index (χ1v) is 8.89. The summed E-state index contributed by atoms with van der Waals surface area (Å²) in [5.74, 6) is -1.20. The van der Waals surface area contributed by atoms with E-state index < -0.39 is 27.9 Å². The molecule has 0 aliphatic carbocycles. The minimum absolute atomic E-state index is 0.119. The van der Waals surface area contributed by atoms with Gasteiger partial charge >= 0.3 is 5.97 Å². The van der Waals surface area contributed by atoms with Gasteiger partial charge < -0.3 is 4.74 Å². The molecule has 1 unspecified atom stereocenters. The Labute approximate surface area is 140 Å². The quantitative estimate of drug-likeness (QED) is 0.777. The van der Waals surface area contributed by atoms with Gasteiger partial charge in [-0.25, -0.2) is 12.8 Å². The van der Waals surface area contributed by atoms with Crippen molar-refractivity contribution in [2.45, 2.75) is 24.3 Å². The molecule has 0 saturated carbocycles. The van der Waals surface area contributed by atoms with Crippen LogP contribution in [-0.4, -0.2) is 27.0 Å². The van der Waals surface area contributed by atoms with Crippen molar-refractivity contribution in [1.82, 2.24) is 4.72 Å². The van der Waals surface area contributed by atoms with E-state index in [1.807, 2.05) is 6.07 Å². The molecule has 1 atom stereocenters. The topological polar surface area (TPSA) is 72.5 Å². The van der Waals surface area contributed by atoms with Gasteiger partial charge in [0.2, 0.25) is 10.0 Å². The number of halogens is 1. The highest BCUT2D eigenvalue weighted by molar-refractivity contribution is 7.89. The average Bonchev–Trinajstić information content (AvgIpc) is 2.55. The molecule has 128 valence electrons. The monoisotopic (exact) mass is 351 g/mol. The largest absolute Gasteiger partial charge is 0.465 e. The summed E-state index contributed by atoms with van der Waals surface area (Å²) in [4.78, 5) is 12.0. The average molecular weight is 351 g/mol. The highest BCUT2D eigenvalue weighted by atomic mass is 32.2. The molecule has 0 radical (unpaired) electrons. The van der Waals surface area contributed by atoms with Crippen LogP contribution in [0.2, 0.25) is 0 Å². The van der Waals surface area contributed by atoms with Crippen molar-refractivity contribution in [3.05, 3.63) is 66.0 Å². The van der Waals surface area contributed by atoms with Crippen LogP contribution in [-0.2, 0) is 26.0 Å². The Hall–Kier alpha value is -2.25. The Bertz CT molecular complexity index is 776. The van der Waals surface area contributed by atoms with Crippen molar-refractivity contribution in [2.75, 3.05) is 6.61 Å². The van der Waals surface area contributed by atoms with Crippen LogP contribution < -0.4 is 4.72 Å². The van der Waals surface area contributed by atoms with Crippen LogP contribution in [0.1, 0.15) is 12.5 Å². The van der Waals surface area contributed by atoms with E-state index in [2.05, 4.69) is 4.72 Å². The number of rotatable bonds is 7. The summed E-state index contributed by atoms with van der Waals surface area (Å²) in [5.41, 5.74) is 0.789. The smallest absolute Gasteiger partial charge is 0.324 e. The van der Waals surface area contributed by atoms with Crippen LogP contribution in [0.5, 0.6) is 0 Å². The van der Waals surface area contributed by atoms with E-state index >= 15 is 0 Å². The molecule has 0 heterocycles. The summed E-state index contributed by atoms with van der Waals surface area (Å²) in [6, 6.07) is 12.3. The number of hydrogen-bond acceptors (Lipinski definition) is 4. The molecular weight excluding hydrogens is 333 g/mol. The summed E-state index contributed by atoms with van der Waals surface area (Å²) in [6.45, 7) is 1.79. The van der Waals surface area contributed by atoms with Crippen LogP contribution in [0, 0.1) is 5.82 Å². The number of carbonyl (C=O) groups excluding carboxylic acids is 1. The first-order chi connectivity index (χ1) is 11.4. The van der Waals surface area contributed by atoms with E-state index in [9.17, 15) is 17.6 Å². The van der Waals surface area contributed by atoms with Crippen molar-refractivity contribution < 1.29 is 22.3 Å². The maximum absolute atomic E-state index is 13.0. The number of benzene rings is 2. The van der Waals surface area contributed by atoms with Gasteiger partial charge in [-0.1, -0.05) is 30.3 Å². The molecule has 0 spiro atoms. The summed E-state index contributed by atoms with van der Waals surface area (Å²) >= 11 is 0. The SMILES string of the molecule is CCOC(=O)C(Cc1ccccc1)NS(=O)(=O)c1ccc(F)cc1. The molecular formula is C17H18FNO4S. The predicted molar refractivity (Wildman–Crippen MR) is 87.3 cm³/mol. The zero-order valence-corrected chi connectivity index (χ0v) is 13.9. The van der Waals surface area contributed by atoms with Gasteiger partial charge in [0.25, 0.3) is 0 Å². The number of sulfonamides is 1. The van der Waals surface area contributed by atoms with Gasteiger partial charge in [0.1, 0.15) is 11.9 Å². The number of esters is 1. The standard InChI is InChI=1S/C17H18FNO4S/c1-2-23-17(20)16(12-13-6-4-3-5-7-13)19-24(21,22)15-10-8-14(18)9-11-15/h3-11,16,19H,2,12H2,1H3. The molecule has 2 aromatic carbocycles. The van der Waals surface area contributed by atoms with Crippen LogP contribution in [0.15, 0.2) is 59.5 Å². The third-order valence-electron chi connectivity index (χ3n) is 3.28. The molecule has 0 fully saturated rings. The second-order valence-electron chi connectivity index (χ2n) is 5.07. The van der Waals surface area contributed by atoms with Gasteiger partial charge in [-0.3, -0.25) is 4.79 Å².